The molecule has 0 aliphatic carbocycles. The summed E-state index contributed by atoms with van der Waals surface area (Å²) in [5.74, 6) is 0.537. The summed E-state index contributed by atoms with van der Waals surface area (Å²) in [4.78, 5) is 0. The van der Waals surface area contributed by atoms with Crippen molar-refractivity contribution < 1.29 is 9.47 Å². The molecule has 0 spiro atoms. The van der Waals surface area contributed by atoms with Crippen LogP contribution >= 0.6 is 0 Å². The summed E-state index contributed by atoms with van der Waals surface area (Å²) in [7, 11) is 0. The molecule has 98 valence electrons. The number of hydrogen-bond acceptors (Lipinski definition) is 2. The lowest BCUT2D eigenvalue weighted by atomic mass is 9.86. The highest BCUT2D eigenvalue weighted by Crippen LogP contribution is 2.41. The summed E-state index contributed by atoms with van der Waals surface area (Å²) in [6, 6.07) is 15.2. The van der Waals surface area contributed by atoms with E-state index in [9.17, 15) is 0 Å². The van der Waals surface area contributed by atoms with Crippen molar-refractivity contribution >= 4 is 10.8 Å². The normalized spacial score (nSPS) is 30.4. The summed E-state index contributed by atoms with van der Waals surface area (Å²) in [6.07, 6.45) is 2.80. The molecule has 0 amide bonds. The average Bonchev–Trinajstić information content (AvgIpc) is 2.95. The molecule has 2 heterocycles. The maximum absolute atomic E-state index is 6.05. The standard InChI is InChI=1S/C17H18O2/c1-2-4-13-11-14(6-5-12(13)3-1)17-15-7-9-18-16(15)8-10-19-17/h1-6,11,15-17H,7-10H2/t15-,16-,17-/m0/s1. The molecule has 0 unspecified atom stereocenters. The lowest BCUT2D eigenvalue weighted by Gasteiger charge is -2.33. The minimum absolute atomic E-state index is 0.214. The van der Waals surface area contributed by atoms with Gasteiger partial charge in [0.2, 0.25) is 0 Å². The van der Waals surface area contributed by atoms with Crippen molar-refractivity contribution in [2.24, 2.45) is 5.92 Å². The van der Waals surface area contributed by atoms with Gasteiger partial charge in [0, 0.05) is 19.1 Å². The molecule has 2 saturated heterocycles. The summed E-state index contributed by atoms with van der Waals surface area (Å²) in [6.45, 7) is 1.71. The molecule has 2 aromatic carbocycles. The monoisotopic (exact) mass is 254 g/mol. The van der Waals surface area contributed by atoms with E-state index >= 15 is 0 Å². The van der Waals surface area contributed by atoms with Crippen LogP contribution in [0.25, 0.3) is 10.8 Å². The Hall–Kier alpha value is -1.38. The van der Waals surface area contributed by atoms with E-state index in [0.717, 1.165) is 26.1 Å². The van der Waals surface area contributed by atoms with Gasteiger partial charge >= 0.3 is 0 Å². The van der Waals surface area contributed by atoms with Crippen LogP contribution in [-0.4, -0.2) is 19.3 Å². The molecule has 0 N–H and O–H groups in total. The van der Waals surface area contributed by atoms with Crippen molar-refractivity contribution in [3.63, 3.8) is 0 Å². The van der Waals surface area contributed by atoms with Crippen LogP contribution in [0.15, 0.2) is 42.5 Å². The first-order valence-corrected chi connectivity index (χ1v) is 7.14. The van der Waals surface area contributed by atoms with Gasteiger partial charge in [0.05, 0.1) is 12.2 Å². The molecule has 2 fully saturated rings. The van der Waals surface area contributed by atoms with E-state index in [2.05, 4.69) is 42.5 Å². The molecular weight excluding hydrogens is 236 g/mol. The van der Waals surface area contributed by atoms with Crippen molar-refractivity contribution in [2.75, 3.05) is 13.2 Å². The zero-order valence-corrected chi connectivity index (χ0v) is 10.9. The largest absolute Gasteiger partial charge is 0.378 e. The van der Waals surface area contributed by atoms with Crippen LogP contribution < -0.4 is 0 Å². The predicted molar refractivity (Wildman–Crippen MR) is 75.1 cm³/mol. The topological polar surface area (TPSA) is 18.5 Å². The van der Waals surface area contributed by atoms with E-state index in [1.807, 2.05) is 0 Å². The fourth-order valence-corrected chi connectivity index (χ4v) is 3.47. The summed E-state index contributed by atoms with van der Waals surface area (Å²) >= 11 is 0. The first-order valence-electron chi connectivity index (χ1n) is 7.14. The maximum atomic E-state index is 6.05. The highest BCUT2D eigenvalue weighted by atomic mass is 16.5. The van der Waals surface area contributed by atoms with E-state index in [1.165, 1.54) is 16.3 Å². The van der Waals surface area contributed by atoms with Crippen molar-refractivity contribution in [3.8, 4) is 0 Å². The predicted octanol–water partition coefficient (Wildman–Crippen LogP) is 3.71. The SMILES string of the molecule is c1ccc2cc([C@@H]3OCC[C@@H]4OCC[C@@H]43)ccc2c1. The van der Waals surface area contributed by atoms with Crippen molar-refractivity contribution in [1.29, 1.82) is 0 Å². The molecule has 19 heavy (non-hydrogen) atoms. The molecule has 2 aromatic rings. The van der Waals surface area contributed by atoms with Crippen LogP contribution in [0.5, 0.6) is 0 Å². The Kier molecular flexibility index (Phi) is 2.78. The third kappa shape index (κ3) is 1.96. The quantitative estimate of drug-likeness (QED) is 0.772. The zero-order chi connectivity index (χ0) is 12.7. The lowest BCUT2D eigenvalue weighted by Crippen LogP contribution is -2.31. The molecule has 4 rings (SSSR count). The Morgan fingerprint density at radius 1 is 0.842 bits per heavy atom. The summed E-state index contributed by atoms with van der Waals surface area (Å²) < 4.78 is 11.9. The molecule has 0 saturated carbocycles. The van der Waals surface area contributed by atoms with Gasteiger partial charge in [-0.3, -0.25) is 0 Å². The first kappa shape index (κ1) is 11.4. The number of ether oxygens (including phenoxy) is 2. The van der Waals surface area contributed by atoms with Crippen molar-refractivity contribution in [3.05, 3.63) is 48.0 Å². The van der Waals surface area contributed by atoms with Crippen LogP contribution in [0.3, 0.4) is 0 Å². The Labute approximate surface area is 113 Å². The van der Waals surface area contributed by atoms with E-state index in [-0.39, 0.29) is 6.10 Å². The summed E-state index contributed by atoms with van der Waals surface area (Å²) in [5, 5.41) is 2.59. The Balaban J connectivity index is 1.72. The number of rotatable bonds is 1. The fourth-order valence-electron chi connectivity index (χ4n) is 3.47. The molecule has 0 radical (unpaired) electrons. The highest BCUT2D eigenvalue weighted by molar-refractivity contribution is 5.83. The van der Waals surface area contributed by atoms with E-state index < -0.39 is 0 Å². The molecule has 2 aliphatic heterocycles. The smallest absolute Gasteiger partial charge is 0.0878 e. The van der Waals surface area contributed by atoms with Crippen LogP contribution in [-0.2, 0) is 9.47 Å². The number of fused-ring (bicyclic) bond motifs is 2. The van der Waals surface area contributed by atoms with E-state index in [0.29, 0.717) is 12.0 Å². The van der Waals surface area contributed by atoms with E-state index in [4.69, 9.17) is 9.47 Å². The lowest BCUT2D eigenvalue weighted by molar-refractivity contribution is -0.0759. The minimum atomic E-state index is 0.214. The molecule has 0 bridgehead atoms. The van der Waals surface area contributed by atoms with Gasteiger partial charge in [-0.2, -0.15) is 0 Å². The summed E-state index contributed by atoms with van der Waals surface area (Å²) in [5.41, 5.74) is 1.30. The van der Waals surface area contributed by atoms with Gasteiger partial charge in [0.15, 0.2) is 0 Å². The molecule has 0 aromatic heterocycles. The van der Waals surface area contributed by atoms with Gasteiger partial charge in [0.1, 0.15) is 0 Å². The van der Waals surface area contributed by atoms with Crippen LogP contribution in [0.1, 0.15) is 24.5 Å². The Bertz CT molecular complexity index is 593. The van der Waals surface area contributed by atoms with Gasteiger partial charge in [-0.05, 0) is 35.2 Å². The molecule has 2 nitrogen and oxygen atoms in total. The van der Waals surface area contributed by atoms with Gasteiger partial charge in [-0.1, -0.05) is 36.4 Å². The van der Waals surface area contributed by atoms with Gasteiger partial charge in [-0.15, -0.1) is 0 Å². The van der Waals surface area contributed by atoms with Crippen molar-refractivity contribution in [1.82, 2.24) is 0 Å². The van der Waals surface area contributed by atoms with Crippen LogP contribution in [0.4, 0.5) is 0 Å². The third-order valence-electron chi connectivity index (χ3n) is 4.45. The minimum Gasteiger partial charge on any atom is -0.378 e. The second-order valence-electron chi connectivity index (χ2n) is 5.55. The second-order valence-corrected chi connectivity index (χ2v) is 5.55. The van der Waals surface area contributed by atoms with Crippen LogP contribution in [0, 0.1) is 5.92 Å². The van der Waals surface area contributed by atoms with Gasteiger partial charge in [-0.25, -0.2) is 0 Å². The maximum Gasteiger partial charge on any atom is 0.0878 e. The van der Waals surface area contributed by atoms with Gasteiger partial charge in [0.25, 0.3) is 0 Å². The molecule has 2 aliphatic rings. The number of hydrogen-bond donors (Lipinski definition) is 0. The average molecular weight is 254 g/mol. The van der Waals surface area contributed by atoms with Gasteiger partial charge < -0.3 is 9.47 Å². The Morgan fingerprint density at radius 2 is 1.68 bits per heavy atom. The molecule has 2 heteroatoms. The zero-order valence-electron chi connectivity index (χ0n) is 10.9. The second kappa shape index (κ2) is 4.62. The van der Waals surface area contributed by atoms with Crippen LogP contribution in [0.2, 0.25) is 0 Å². The third-order valence-corrected chi connectivity index (χ3v) is 4.45. The number of benzene rings is 2. The van der Waals surface area contributed by atoms with Crippen molar-refractivity contribution in [2.45, 2.75) is 25.0 Å². The Morgan fingerprint density at radius 3 is 2.63 bits per heavy atom. The fraction of sp³-hybridized carbons (Fsp3) is 0.412. The first-order chi connectivity index (χ1) is 9.42. The highest BCUT2D eigenvalue weighted by Gasteiger charge is 2.39. The molecular formula is C17H18O2. The molecule has 3 atom stereocenters. The van der Waals surface area contributed by atoms with E-state index in [1.54, 1.807) is 0 Å².